The number of ether oxygens (including phenoxy) is 8. The molecule has 3 aliphatic heterocycles. The van der Waals surface area contributed by atoms with Gasteiger partial charge in [0, 0.05) is 6.92 Å². The highest BCUT2D eigenvalue weighted by Crippen LogP contribution is 2.46. The Morgan fingerprint density at radius 1 is 1.00 bits per heavy atom. The Bertz CT molecular complexity index is 603. The number of aldehydes is 1. The van der Waals surface area contributed by atoms with E-state index in [9.17, 15) is 9.59 Å². The minimum absolute atomic E-state index is 0.0817. The van der Waals surface area contributed by atoms with Gasteiger partial charge in [-0.15, -0.1) is 0 Å². The standard InChI is InChI=1S/C20H33NO10/c1-14(23)21-15-16-17(30-19(2,3)29-16)20(13-28-18(15)31-20)12-27-11-10-26-9-8-25-7-6-24-5-4-22/h4,15-18H,5-13H2,1-3H3,(H,21,23)/t15-,16-,17-,18+,20+/m1/s1. The summed E-state index contributed by atoms with van der Waals surface area (Å²) in [6, 6.07) is -0.452. The normalized spacial score (nSPS) is 33.3. The molecule has 0 unspecified atom stereocenters. The molecule has 3 heterocycles. The lowest BCUT2D eigenvalue weighted by molar-refractivity contribution is -0.214. The van der Waals surface area contributed by atoms with E-state index < -0.39 is 35.9 Å². The number of fused-ring (bicyclic) bond motifs is 4. The predicted molar refractivity (Wildman–Crippen MR) is 104 cm³/mol. The van der Waals surface area contributed by atoms with E-state index in [0.717, 1.165) is 0 Å². The lowest BCUT2D eigenvalue weighted by Gasteiger charge is -2.42. The van der Waals surface area contributed by atoms with Crippen LogP contribution in [0.3, 0.4) is 0 Å². The highest BCUT2D eigenvalue weighted by Gasteiger charge is 2.66. The molecule has 0 spiro atoms. The molecule has 11 heteroatoms. The van der Waals surface area contributed by atoms with Crippen molar-refractivity contribution in [2.24, 2.45) is 0 Å². The fraction of sp³-hybridized carbons (Fsp3) is 0.900. The number of amides is 1. The SMILES string of the molecule is CC(=O)N[C@H]1[C@H]2OC[C@](COCCOCCOCCOCC=O)(O2)[C@@H]2OC(C)(C)O[C@H]12. The van der Waals surface area contributed by atoms with Crippen LogP contribution in [0, 0.1) is 0 Å². The maximum atomic E-state index is 11.6. The molecule has 0 saturated carbocycles. The molecule has 0 aromatic heterocycles. The molecule has 31 heavy (non-hydrogen) atoms. The van der Waals surface area contributed by atoms with Gasteiger partial charge in [0.05, 0.1) is 52.9 Å². The molecule has 3 aliphatic rings. The third-order valence-electron chi connectivity index (χ3n) is 5.16. The Balaban J connectivity index is 1.38. The number of carbonyl (C=O) groups excluding carboxylic acids is 2. The lowest BCUT2D eigenvalue weighted by atomic mass is 9.88. The van der Waals surface area contributed by atoms with Gasteiger partial charge in [-0.05, 0) is 13.8 Å². The largest absolute Gasteiger partial charge is 0.377 e. The van der Waals surface area contributed by atoms with E-state index >= 15 is 0 Å². The number of rotatable bonds is 14. The Kier molecular flexibility index (Phi) is 8.76. The molecule has 11 nitrogen and oxygen atoms in total. The minimum Gasteiger partial charge on any atom is -0.377 e. The van der Waals surface area contributed by atoms with Crippen molar-refractivity contribution >= 4 is 12.2 Å². The summed E-state index contributed by atoms with van der Waals surface area (Å²) in [4.78, 5) is 21.7. The predicted octanol–water partition coefficient (Wildman–Crippen LogP) is -0.598. The van der Waals surface area contributed by atoms with Crippen molar-refractivity contribution in [1.82, 2.24) is 5.32 Å². The molecule has 2 bridgehead atoms. The van der Waals surface area contributed by atoms with Crippen LogP contribution >= 0.6 is 0 Å². The van der Waals surface area contributed by atoms with Gasteiger partial charge >= 0.3 is 0 Å². The van der Waals surface area contributed by atoms with Gasteiger partial charge in [0.1, 0.15) is 36.7 Å². The van der Waals surface area contributed by atoms with Gasteiger partial charge in [0.25, 0.3) is 0 Å². The van der Waals surface area contributed by atoms with Crippen LogP contribution in [0.4, 0.5) is 0 Å². The second-order valence-electron chi connectivity index (χ2n) is 8.13. The fourth-order valence-electron chi connectivity index (χ4n) is 3.94. The van der Waals surface area contributed by atoms with Crippen molar-refractivity contribution in [3.63, 3.8) is 0 Å². The third-order valence-corrected chi connectivity index (χ3v) is 5.16. The first-order valence-electron chi connectivity index (χ1n) is 10.5. The molecular weight excluding hydrogens is 414 g/mol. The monoisotopic (exact) mass is 447 g/mol. The molecule has 3 saturated heterocycles. The van der Waals surface area contributed by atoms with Gasteiger partial charge in [0.15, 0.2) is 12.1 Å². The van der Waals surface area contributed by atoms with Crippen LogP contribution in [0.15, 0.2) is 0 Å². The Hall–Kier alpha value is -1.18. The molecule has 0 radical (unpaired) electrons. The van der Waals surface area contributed by atoms with Crippen molar-refractivity contribution in [2.75, 3.05) is 59.5 Å². The zero-order valence-corrected chi connectivity index (χ0v) is 18.3. The first-order valence-corrected chi connectivity index (χ1v) is 10.5. The Morgan fingerprint density at radius 3 is 2.29 bits per heavy atom. The van der Waals surface area contributed by atoms with Gasteiger partial charge in [-0.1, -0.05) is 0 Å². The fourth-order valence-corrected chi connectivity index (χ4v) is 3.94. The second kappa shape index (κ2) is 11.1. The summed E-state index contributed by atoms with van der Waals surface area (Å²) >= 11 is 0. The summed E-state index contributed by atoms with van der Waals surface area (Å²) in [5.74, 6) is -0.983. The van der Waals surface area contributed by atoms with E-state index in [1.807, 2.05) is 13.8 Å². The van der Waals surface area contributed by atoms with E-state index in [-0.39, 0.29) is 25.7 Å². The van der Waals surface area contributed by atoms with Gasteiger partial charge in [-0.25, -0.2) is 0 Å². The highest BCUT2D eigenvalue weighted by atomic mass is 16.8. The van der Waals surface area contributed by atoms with Crippen LogP contribution in [-0.4, -0.2) is 108 Å². The van der Waals surface area contributed by atoms with Crippen LogP contribution in [0.2, 0.25) is 0 Å². The molecule has 0 aliphatic carbocycles. The van der Waals surface area contributed by atoms with Crippen molar-refractivity contribution in [1.29, 1.82) is 0 Å². The maximum Gasteiger partial charge on any atom is 0.217 e. The van der Waals surface area contributed by atoms with Crippen LogP contribution in [0.25, 0.3) is 0 Å². The van der Waals surface area contributed by atoms with Crippen LogP contribution in [0.1, 0.15) is 20.8 Å². The Morgan fingerprint density at radius 2 is 1.65 bits per heavy atom. The number of carbonyl (C=O) groups is 2. The van der Waals surface area contributed by atoms with E-state index in [4.69, 9.17) is 37.9 Å². The smallest absolute Gasteiger partial charge is 0.217 e. The summed E-state index contributed by atoms with van der Waals surface area (Å²) in [6.45, 7) is 8.16. The first kappa shape index (κ1) is 24.5. The van der Waals surface area contributed by atoms with Crippen LogP contribution in [-0.2, 0) is 47.5 Å². The van der Waals surface area contributed by atoms with Crippen LogP contribution in [0.5, 0.6) is 0 Å². The number of hydrogen-bond acceptors (Lipinski definition) is 10. The molecule has 3 fully saturated rings. The average Bonchev–Trinajstić information content (AvgIpc) is 3.26. The summed E-state index contributed by atoms with van der Waals surface area (Å²) in [6.07, 6.45) is -0.746. The molecule has 1 N–H and O–H groups in total. The second-order valence-corrected chi connectivity index (χ2v) is 8.13. The highest BCUT2D eigenvalue weighted by molar-refractivity contribution is 5.73. The third kappa shape index (κ3) is 6.42. The first-order chi connectivity index (χ1) is 14.9. The molecule has 178 valence electrons. The number of hydrogen-bond donors (Lipinski definition) is 1. The van der Waals surface area contributed by atoms with E-state index in [1.54, 1.807) is 0 Å². The molecule has 1 amide bonds. The number of nitrogens with one attached hydrogen (secondary N) is 1. The van der Waals surface area contributed by atoms with Crippen molar-refractivity contribution in [3.05, 3.63) is 0 Å². The summed E-state index contributed by atoms with van der Waals surface area (Å²) in [5, 5.41) is 2.86. The summed E-state index contributed by atoms with van der Waals surface area (Å²) in [7, 11) is 0. The minimum atomic E-state index is -0.803. The maximum absolute atomic E-state index is 11.6. The van der Waals surface area contributed by atoms with E-state index in [1.165, 1.54) is 6.92 Å². The summed E-state index contributed by atoms with van der Waals surface area (Å²) < 4.78 is 45.7. The molecule has 0 aromatic rings. The Labute approximate surface area is 181 Å². The van der Waals surface area contributed by atoms with Gasteiger partial charge < -0.3 is 48.0 Å². The average molecular weight is 447 g/mol. The van der Waals surface area contributed by atoms with E-state index in [0.29, 0.717) is 45.9 Å². The van der Waals surface area contributed by atoms with E-state index in [2.05, 4.69) is 5.32 Å². The van der Waals surface area contributed by atoms with Crippen molar-refractivity contribution in [3.8, 4) is 0 Å². The zero-order chi connectivity index (χ0) is 22.3. The zero-order valence-electron chi connectivity index (χ0n) is 18.3. The molecule has 0 aromatic carbocycles. The molecule has 3 rings (SSSR count). The quantitative estimate of drug-likeness (QED) is 0.273. The summed E-state index contributed by atoms with van der Waals surface area (Å²) in [5.41, 5.74) is -0.803. The topological polar surface area (TPSA) is 120 Å². The van der Waals surface area contributed by atoms with Crippen molar-refractivity contribution < 1.29 is 47.5 Å². The molecular formula is C20H33NO10. The van der Waals surface area contributed by atoms with Gasteiger partial charge in [0.2, 0.25) is 5.91 Å². The molecule has 5 atom stereocenters. The van der Waals surface area contributed by atoms with Gasteiger partial charge in [-0.3, -0.25) is 4.79 Å². The van der Waals surface area contributed by atoms with Crippen molar-refractivity contribution in [2.45, 2.75) is 56.7 Å². The lowest BCUT2D eigenvalue weighted by Crippen LogP contribution is -2.65. The van der Waals surface area contributed by atoms with Crippen LogP contribution < -0.4 is 5.32 Å². The van der Waals surface area contributed by atoms with Gasteiger partial charge in [-0.2, -0.15) is 0 Å².